The molecule has 10 nitrogen and oxygen atoms in total. The Morgan fingerprint density at radius 3 is 1.89 bits per heavy atom. The van der Waals surface area contributed by atoms with Gasteiger partial charge in [-0.1, -0.05) is 99.6 Å². The van der Waals surface area contributed by atoms with Gasteiger partial charge in [-0.05, 0) is 52.0 Å². The number of rotatable bonds is 17. The zero-order chi connectivity index (χ0) is 35.8. The highest BCUT2D eigenvalue weighted by Crippen LogP contribution is 2.39. The fraction of sp³-hybridized carbons (Fsp3) is 0.735. The molecule has 0 aliphatic rings. The van der Waals surface area contributed by atoms with Crippen molar-refractivity contribution in [3.05, 3.63) is 35.9 Å². The van der Waals surface area contributed by atoms with Crippen molar-refractivity contribution in [1.82, 2.24) is 14.3 Å². The summed E-state index contributed by atoms with van der Waals surface area (Å²) in [4.78, 5) is 38.4. The lowest BCUT2D eigenvalue weighted by Crippen LogP contribution is -2.59. The van der Waals surface area contributed by atoms with Crippen molar-refractivity contribution in [2.45, 2.75) is 127 Å². The zero-order valence-electron chi connectivity index (χ0n) is 30.4. The molecule has 0 fully saturated rings. The summed E-state index contributed by atoms with van der Waals surface area (Å²) >= 11 is 0. The molecule has 0 bridgehead atoms. The molecule has 262 valence electrons. The van der Waals surface area contributed by atoms with Gasteiger partial charge in [0.1, 0.15) is 11.3 Å². The maximum atomic E-state index is 13.6. The van der Waals surface area contributed by atoms with Gasteiger partial charge < -0.3 is 15.2 Å². The predicted octanol–water partition coefficient (Wildman–Crippen LogP) is 5.29. The Hall–Kier alpha value is -2.34. The number of nitrogens with zero attached hydrogens (tertiary/aromatic N) is 1. The summed E-state index contributed by atoms with van der Waals surface area (Å²) in [7, 11) is -4.27. The first-order valence-electron chi connectivity index (χ1n) is 16.2. The van der Waals surface area contributed by atoms with Gasteiger partial charge in [0.15, 0.2) is 0 Å². The van der Waals surface area contributed by atoms with Crippen LogP contribution in [0.15, 0.2) is 30.3 Å². The summed E-state index contributed by atoms with van der Waals surface area (Å²) in [5.74, 6) is -1.15. The van der Waals surface area contributed by atoms with Crippen LogP contribution in [0.4, 0.5) is 0 Å². The SMILES string of the molecule is CC.CC.CCOC(=O)C(C)(C)NS(=O)(=O)N(CCC(C)C)CC(O)[C@H](Cc1ccccc1)NC(=O)C(C)(C)C(C)(C)C(C)=O. The minimum Gasteiger partial charge on any atom is -0.465 e. The number of benzene rings is 1. The van der Waals surface area contributed by atoms with Crippen molar-refractivity contribution in [2.24, 2.45) is 16.7 Å². The average Bonchev–Trinajstić information content (AvgIpc) is 2.96. The number of nitrogens with one attached hydrogen (secondary N) is 2. The van der Waals surface area contributed by atoms with Gasteiger partial charge in [-0.25, -0.2) is 0 Å². The molecule has 3 N–H and O–H groups in total. The first-order chi connectivity index (χ1) is 20.7. The molecule has 11 heteroatoms. The van der Waals surface area contributed by atoms with Gasteiger partial charge in [-0.15, -0.1) is 0 Å². The Morgan fingerprint density at radius 2 is 1.44 bits per heavy atom. The number of Topliss-reactive ketones (excluding diaryl/α,β-unsaturated/α-hetero) is 1. The van der Waals surface area contributed by atoms with Crippen LogP contribution in [0.1, 0.15) is 109 Å². The number of aliphatic hydroxyl groups is 1. The molecule has 0 radical (unpaired) electrons. The molecule has 0 saturated carbocycles. The Morgan fingerprint density at radius 1 is 0.933 bits per heavy atom. The second-order valence-corrected chi connectivity index (χ2v) is 14.3. The van der Waals surface area contributed by atoms with E-state index in [9.17, 15) is 27.9 Å². The third-order valence-electron chi connectivity index (χ3n) is 7.95. The van der Waals surface area contributed by atoms with E-state index in [1.165, 1.54) is 20.8 Å². The predicted molar refractivity (Wildman–Crippen MR) is 183 cm³/mol. The molecule has 0 spiro atoms. The molecule has 0 heterocycles. The standard InChI is InChI=1S/C30H51N3O7S.2C2H6/c1-11-40-27(37)30(9,10)32-41(38,39)33(18-17-21(2)3)20-25(35)24(19-23-15-13-12-14-16-23)31-26(36)29(7,8)28(5,6)22(4)34;2*1-2/h12-16,21,24-25,32,35H,11,17-20H2,1-10H3,(H,31,36);2*1-2H3/t24-,25?;;/m0../s1. The van der Waals surface area contributed by atoms with Crippen LogP contribution in [0.2, 0.25) is 0 Å². The van der Waals surface area contributed by atoms with Gasteiger partial charge in [0.05, 0.1) is 24.2 Å². The van der Waals surface area contributed by atoms with Crippen molar-refractivity contribution >= 4 is 27.9 Å². The number of carbonyl (C=O) groups excluding carboxylic acids is 3. The topological polar surface area (TPSA) is 142 Å². The monoisotopic (exact) mass is 657 g/mol. The van der Waals surface area contributed by atoms with E-state index in [0.29, 0.717) is 6.42 Å². The van der Waals surface area contributed by atoms with E-state index in [2.05, 4.69) is 10.0 Å². The molecule has 1 rings (SSSR count). The summed E-state index contributed by atoms with van der Waals surface area (Å²) in [5.41, 5.74) is -2.83. The average molecular weight is 658 g/mol. The molecule has 1 unspecified atom stereocenters. The number of aliphatic hydroxyl groups excluding tert-OH is 1. The van der Waals surface area contributed by atoms with Crippen LogP contribution < -0.4 is 10.0 Å². The molecule has 0 saturated heterocycles. The van der Waals surface area contributed by atoms with Crippen molar-refractivity contribution in [2.75, 3.05) is 19.7 Å². The second-order valence-electron chi connectivity index (χ2n) is 12.6. The van der Waals surface area contributed by atoms with Gasteiger partial charge >= 0.3 is 5.97 Å². The molecule has 0 aliphatic carbocycles. The van der Waals surface area contributed by atoms with E-state index in [-0.39, 0.29) is 37.8 Å². The van der Waals surface area contributed by atoms with Crippen molar-refractivity contribution in [1.29, 1.82) is 0 Å². The largest absolute Gasteiger partial charge is 0.465 e. The molecular formula is C34H63N3O7S. The molecule has 1 aromatic rings. The minimum absolute atomic E-state index is 0.0812. The molecule has 2 atom stereocenters. The van der Waals surface area contributed by atoms with Crippen LogP contribution in [0.25, 0.3) is 0 Å². The first kappa shape index (κ1) is 44.8. The van der Waals surface area contributed by atoms with Crippen LogP contribution in [0.5, 0.6) is 0 Å². The lowest BCUT2D eigenvalue weighted by molar-refractivity contribution is -0.149. The smallest absolute Gasteiger partial charge is 0.326 e. The zero-order valence-corrected chi connectivity index (χ0v) is 31.2. The summed E-state index contributed by atoms with van der Waals surface area (Å²) < 4.78 is 35.6. The quantitative estimate of drug-likeness (QED) is 0.193. The fourth-order valence-corrected chi connectivity index (χ4v) is 5.56. The van der Waals surface area contributed by atoms with E-state index in [4.69, 9.17) is 4.74 Å². The second kappa shape index (κ2) is 20.0. The van der Waals surface area contributed by atoms with Crippen molar-refractivity contribution in [3.63, 3.8) is 0 Å². The van der Waals surface area contributed by atoms with Crippen LogP contribution in [0.3, 0.4) is 0 Å². The number of ketones is 1. The highest BCUT2D eigenvalue weighted by molar-refractivity contribution is 7.87. The fourth-order valence-electron chi connectivity index (χ4n) is 4.01. The third kappa shape index (κ3) is 13.9. The molecule has 45 heavy (non-hydrogen) atoms. The summed E-state index contributed by atoms with van der Waals surface area (Å²) in [6.45, 7) is 24.4. The van der Waals surface area contributed by atoms with E-state index < -0.39 is 50.6 Å². The van der Waals surface area contributed by atoms with Gasteiger partial charge in [0.25, 0.3) is 10.2 Å². The van der Waals surface area contributed by atoms with Gasteiger partial charge in [0.2, 0.25) is 5.91 Å². The van der Waals surface area contributed by atoms with Crippen LogP contribution in [-0.2, 0) is 35.8 Å². The normalized spacial score (nSPS) is 13.5. The Kier molecular flexibility index (Phi) is 19.9. The highest BCUT2D eigenvalue weighted by Gasteiger charge is 2.47. The van der Waals surface area contributed by atoms with Crippen molar-refractivity contribution < 1.29 is 32.6 Å². The number of amides is 1. The van der Waals surface area contributed by atoms with Gasteiger partial charge in [-0.3, -0.25) is 14.4 Å². The summed E-state index contributed by atoms with van der Waals surface area (Å²) in [6, 6.07) is 8.36. The van der Waals surface area contributed by atoms with E-state index in [1.54, 1.807) is 34.6 Å². The van der Waals surface area contributed by atoms with E-state index >= 15 is 0 Å². The Balaban J connectivity index is 0. The molecule has 1 aromatic carbocycles. The third-order valence-corrected chi connectivity index (χ3v) is 9.73. The summed E-state index contributed by atoms with van der Waals surface area (Å²) in [5, 5.41) is 14.4. The van der Waals surface area contributed by atoms with E-state index in [0.717, 1.165) is 9.87 Å². The molecule has 1 amide bonds. The number of ether oxygens (including phenoxy) is 1. The van der Waals surface area contributed by atoms with Crippen LogP contribution >= 0.6 is 0 Å². The van der Waals surface area contributed by atoms with Gasteiger partial charge in [0, 0.05) is 18.5 Å². The molecular weight excluding hydrogens is 594 g/mol. The maximum Gasteiger partial charge on any atom is 0.326 e. The molecule has 0 aromatic heterocycles. The lowest BCUT2D eigenvalue weighted by Gasteiger charge is -2.40. The highest BCUT2D eigenvalue weighted by atomic mass is 32.2. The van der Waals surface area contributed by atoms with Crippen LogP contribution in [-0.4, -0.2) is 72.9 Å². The first-order valence-corrected chi connectivity index (χ1v) is 17.6. The van der Waals surface area contributed by atoms with Gasteiger partial charge in [-0.2, -0.15) is 17.4 Å². The lowest BCUT2D eigenvalue weighted by atomic mass is 9.65. The number of hydrogen-bond donors (Lipinski definition) is 3. The Labute approximate surface area is 274 Å². The van der Waals surface area contributed by atoms with Crippen LogP contribution in [0, 0.1) is 16.7 Å². The van der Waals surface area contributed by atoms with E-state index in [1.807, 2.05) is 71.9 Å². The Bertz CT molecular complexity index is 1130. The number of esters is 1. The maximum absolute atomic E-state index is 13.6. The summed E-state index contributed by atoms with van der Waals surface area (Å²) in [6.07, 6.45) is -0.586. The van der Waals surface area contributed by atoms with Crippen molar-refractivity contribution in [3.8, 4) is 0 Å². The number of carbonyl (C=O) groups is 3. The number of hydrogen-bond acceptors (Lipinski definition) is 7. The minimum atomic E-state index is -4.27. The molecule has 0 aliphatic heterocycles.